The molecule has 0 nitrogen and oxygen atoms in total. The maximum absolute atomic E-state index is 2.39. The van der Waals surface area contributed by atoms with Crippen molar-refractivity contribution >= 4 is 7.85 Å². The Balaban J connectivity index is 3.15. The molecule has 0 aliphatic rings. The molecule has 0 spiro atoms. The number of hydrogen-bond donors (Lipinski definition) is 0. The van der Waals surface area contributed by atoms with Crippen molar-refractivity contribution in [2.75, 3.05) is 0 Å². The lowest BCUT2D eigenvalue weighted by molar-refractivity contribution is 0.601. The first-order valence-corrected chi connectivity index (χ1v) is 2.56. The summed E-state index contributed by atoms with van der Waals surface area (Å²) in [7, 11) is 0.588. The van der Waals surface area contributed by atoms with E-state index in [1.54, 1.807) is 0 Å². The molecule has 0 aromatic heterocycles. The highest BCUT2D eigenvalue weighted by Crippen LogP contribution is 2.24. The standard InChI is InChI=1S/C6H16B/c1-4-5-6(2,3)7/h4-5H2,1-3,7H3/q-1. The minimum absolute atomic E-state index is 0.588. The van der Waals surface area contributed by atoms with Crippen LogP contribution in [0.15, 0.2) is 0 Å². The first-order chi connectivity index (χ1) is 3.06. The van der Waals surface area contributed by atoms with Crippen LogP contribution in [0.5, 0.6) is 0 Å². The number of rotatable bonds is 2. The third-order valence-electron chi connectivity index (χ3n) is 0.750. The quantitative estimate of drug-likeness (QED) is 0.458. The molecule has 0 heterocycles. The molecule has 0 radical (unpaired) electrons. The summed E-state index contributed by atoms with van der Waals surface area (Å²) in [6.07, 6.45) is 2.82. The van der Waals surface area contributed by atoms with E-state index in [0.29, 0.717) is 7.85 Å². The van der Waals surface area contributed by atoms with Gasteiger partial charge < -0.3 is 0 Å². The van der Waals surface area contributed by atoms with Gasteiger partial charge in [0.2, 0.25) is 0 Å². The molecule has 0 aliphatic carbocycles. The van der Waals surface area contributed by atoms with E-state index in [1.807, 2.05) is 0 Å². The van der Waals surface area contributed by atoms with Gasteiger partial charge in [-0.1, -0.05) is 33.6 Å². The maximum Gasteiger partial charge on any atom is -0.0416 e. The topological polar surface area (TPSA) is 0 Å². The molecule has 0 aliphatic heterocycles. The van der Waals surface area contributed by atoms with Gasteiger partial charge >= 0.3 is 0 Å². The molecule has 0 aromatic carbocycles. The van der Waals surface area contributed by atoms with Crippen LogP contribution in [0.1, 0.15) is 33.6 Å². The molecule has 0 atom stereocenters. The smallest absolute Gasteiger partial charge is 0.0416 e. The van der Waals surface area contributed by atoms with Crippen molar-refractivity contribution in [2.24, 2.45) is 0 Å². The van der Waals surface area contributed by atoms with Crippen molar-refractivity contribution < 1.29 is 0 Å². The summed E-state index contributed by atoms with van der Waals surface area (Å²) >= 11 is 0. The molecule has 0 unspecified atom stereocenters. The highest BCUT2D eigenvalue weighted by Gasteiger charge is 1.99. The molecule has 1 heteroatoms. The van der Waals surface area contributed by atoms with Gasteiger partial charge in [-0.25, -0.2) is 0 Å². The second kappa shape index (κ2) is 2.39. The first kappa shape index (κ1) is 7.06. The lowest BCUT2D eigenvalue weighted by atomic mass is 9.70. The molecule has 0 fully saturated rings. The van der Waals surface area contributed by atoms with Crippen LogP contribution in [-0.2, 0) is 0 Å². The van der Waals surface area contributed by atoms with Crippen molar-refractivity contribution in [3.05, 3.63) is 0 Å². The Bertz CT molecular complexity index is 42.6. The molecular formula is C6H16B-. The van der Waals surface area contributed by atoms with Gasteiger partial charge in [0.25, 0.3) is 0 Å². The molecule has 0 amide bonds. The first-order valence-electron chi connectivity index (χ1n) is 2.56. The lowest BCUT2D eigenvalue weighted by Gasteiger charge is -2.22. The summed E-state index contributed by atoms with van der Waals surface area (Å²) in [5, 5.41) is 0.800. The van der Waals surface area contributed by atoms with Crippen LogP contribution < -0.4 is 0 Å². The van der Waals surface area contributed by atoms with Crippen LogP contribution >= 0.6 is 0 Å². The normalized spacial score (nSPS) is 12.0. The van der Waals surface area contributed by atoms with Crippen molar-refractivity contribution in [3.8, 4) is 0 Å². The zero-order valence-corrected chi connectivity index (χ0v) is 4.91. The minimum atomic E-state index is 0.588. The summed E-state index contributed by atoms with van der Waals surface area (Å²) in [5.41, 5.74) is 0. The van der Waals surface area contributed by atoms with Gasteiger partial charge in [0, 0.05) is 0 Å². The van der Waals surface area contributed by atoms with Crippen LogP contribution in [0.25, 0.3) is 0 Å². The van der Waals surface area contributed by atoms with Crippen LogP contribution in [0.2, 0.25) is 5.31 Å². The van der Waals surface area contributed by atoms with Crippen molar-refractivity contribution in [1.29, 1.82) is 0 Å². The van der Waals surface area contributed by atoms with E-state index < -0.39 is 0 Å². The van der Waals surface area contributed by atoms with Crippen LogP contribution in [0.4, 0.5) is 0 Å². The van der Waals surface area contributed by atoms with E-state index in [0.717, 1.165) is 5.31 Å². The Labute approximate surface area is 47.7 Å². The van der Waals surface area contributed by atoms with Crippen LogP contribution in [0, 0.1) is 0 Å². The second-order valence-corrected chi connectivity index (χ2v) is 1.96. The predicted molar refractivity (Wildman–Crippen MR) is 38.9 cm³/mol. The highest BCUT2D eigenvalue weighted by atomic mass is 14.0. The third kappa shape index (κ3) is 6.06. The Morgan fingerprint density at radius 3 is 1.86 bits per heavy atom. The maximum atomic E-state index is 2.39. The van der Waals surface area contributed by atoms with Gasteiger partial charge in [0.05, 0.1) is 0 Å². The van der Waals surface area contributed by atoms with Gasteiger partial charge in [-0.05, 0) is 7.85 Å². The molecule has 0 N–H and O–H groups in total. The Morgan fingerprint density at radius 1 is 1.43 bits per heavy atom. The molecule has 0 rings (SSSR count). The molecular weight excluding hydrogens is 82.9 g/mol. The predicted octanol–water partition coefficient (Wildman–Crippen LogP) is 1.35. The van der Waals surface area contributed by atoms with E-state index in [-0.39, 0.29) is 0 Å². The summed E-state index contributed by atoms with van der Waals surface area (Å²) in [5.74, 6) is 0. The van der Waals surface area contributed by atoms with E-state index in [1.165, 1.54) is 12.8 Å². The van der Waals surface area contributed by atoms with E-state index >= 15 is 0 Å². The fraction of sp³-hybridized carbons (Fsp3) is 1.00. The van der Waals surface area contributed by atoms with Gasteiger partial charge in [-0.2, -0.15) is 5.31 Å². The highest BCUT2D eigenvalue weighted by molar-refractivity contribution is 6.14. The van der Waals surface area contributed by atoms with Gasteiger partial charge in [-0.3, -0.25) is 0 Å². The zero-order valence-electron chi connectivity index (χ0n) is 4.91. The van der Waals surface area contributed by atoms with Gasteiger partial charge in [-0.15, -0.1) is 0 Å². The number of hydrogen-bond acceptors (Lipinski definition) is 0. The van der Waals surface area contributed by atoms with E-state index in [9.17, 15) is 0 Å². The van der Waals surface area contributed by atoms with Gasteiger partial charge in [0.15, 0.2) is 0 Å². The van der Waals surface area contributed by atoms with Crippen molar-refractivity contribution in [3.63, 3.8) is 0 Å². The Hall–Kier alpha value is 0.0649. The summed E-state index contributed by atoms with van der Waals surface area (Å²) in [4.78, 5) is 0. The van der Waals surface area contributed by atoms with E-state index in [4.69, 9.17) is 0 Å². The largest absolute Gasteiger partial charge is 0.170 e. The van der Waals surface area contributed by atoms with Crippen LogP contribution in [-0.4, -0.2) is 7.85 Å². The lowest BCUT2D eigenvalue weighted by Crippen LogP contribution is -1.99. The molecule has 0 saturated heterocycles. The summed E-state index contributed by atoms with van der Waals surface area (Å²) in [6, 6.07) is 0. The zero-order chi connectivity index (χ0) is 5.91. The van der Waals surface area contributed by atoms with Crippen molar-refractivity contribution in [1.82, 2.24) is 0 Å². The fourth-order valence-electron chi connectivity index (χ4n) is 0.500. The van der Waals surface area contributed by atoms with Crippen molar-refractivity contribution in [2.45, 2.75) is 38.9 Å². The van der Waals surface area contributed by atoms with Gasteiger partial charge in [0.1, 0.15) is 0 Å². The molecule has 44 valence electrons. The molecule has 0 aromatic rings. The fourth-order valence-corrected chi connectivity index (χ4v) is 0.500. The second-order valence-electron chi connectivity index (χ2n) is 1.96. The average molecular weight is 99.0 g/mol. The molecule has 0 saturated carbocycles. The average Bonchev–Trinajstić information content (AvgIpc) is 1.30. The molecule has 0 bridgehead atoms. The monoisotopic (exact) mass is 99.1 g/mol. The summed E-state index contributed by atoms with van der Waals surface area (Å²) in [6.45, 7) is 7.04. The van der Waals surface area contributed by atoms with E-state index in [2.05, 4.69) is 20.8 Å². The minimum Gasteiger partial charge on any atom is -0.170 e. The summed E-state index contributed by atoms with van der Waals surface area (Å²) < 4.78 is 0. The molecule has 7 heavy (non-hydrogen) atoms. The Kier molecular flexibility index (Phi) is 2.41. The SMILES string of the molecule is [BH3-]C(C)(C)CCC. The van der Waals surface area contributed by atoms with Crippen LogP contribution in [0.3, 0.4) is 0 Å². The Morgan fingerprint density at radius 2 is 1.86 bits per heavy atom. The third-order valence-corrected chi connectivity index (χ3v) is 0.750.